The maximum absolute atomic E-state index is 5.77. The van der Waals surface area contributed by atoms with Crippen LogP contribution in [0.25, 0.3) is 22.4 Å². The fourth-order valence-corrected chi connectivity index (χ4v) is 2.29. The number of nitrogens with zero attached hydrogens (tertiary/aromatic N) is 3. The van der Waals surface area contributed by atoms with Crippen LogP contribution in [-0.4, -0.2) is 21.7 Å². The largest absolute Gasteiger partial charge is 0.419 e. The van der Waals surface area contributed by atoms with Crippen LogP contribution >= 0.6 is 0 Å². The van der Waals surface area contributed by atoms with E-state index in [4.69, 9.17) is 4.42 Å². The van der Waals surface area contributed by atoms with Crippen LogP contribution in [0, 0.1) is 6.92 Å². The van der Waals surface area contributed by atoms with E-state index in [2.05, 4.69) is 27.4 Å². The van der Waals surface area contributed by atoms with Crippen molar-refractivity contribution in [3.63, 3.8) is 0 Å². The molecular formula is C16H18N4O. The molecule has 0 aliphatic heterocycles. The summed E-state index contributed by atoms with van der Waals surface area (Å²) in [5.74, 6) is 1.15. The van der Waals surface area contributed by atoms with Crippen molar-refractivity contribution in [3.8, 4) is 11.5 Å². The Kier molecular flexibility index (Phi) is 3.92. The first-order chi connectivity index (χ1) is 10.3. The summed E-state index contributed by atoms with van der Waals surface area (Å²) in [7, 11) is 0. The molecule has 21 heavy (non-hydrogen) atoms. The Morgan fingerprint density at radius 1 is 1.19 bits per heavy atom. The van der Waals surface area contributed by atoms with E-state index in [1.54, 1.807) is 0 Å². The lowest BCUT2D eigenvalue weighted by Gasteiger charge is -2.04. The van der Waals surface area contributed by atoms with E-state index in [0.717, 1.165) is 35.1 Å². The maximum Gasteiger partial charge on any atom is 0.248 e. The standard InChI is InChI=1S/C16H18N4O/c1-3-8-17-10-15-19-20-16(21-15)13-9-11(2)18-14-7-5-4-6-12(13)14/h4-7,9,17H,3,8,10H2,1-2H3. The van der Waals surface area contributed by atoms with Gasteiger partial charge in [0, 0.05) is 16.6 Å². The summed E-state index contributed by atoms with van der Waals surface area (Å²) in [5, 5.41) is 12.6. The lowest BCUT2D eigenvalue weighted by molar-refractivity contribution is 0.478. The number of aromatic nitrogens is 3. The third-order valence-electron chi connectivity index (χ3n) is 3.24. The summed E-state index contributed by atoms with van der Waals surface area (Å²) in [6, 6.07) is 9.97. The molecule has 5 heteroatoms. The second-order valence-electron chi connectivity index (χ2n) is 5.01. The first-order valence-corrected chi connectivity index (χ1v) is 7.18. The highest BCUT2D eigenvalue weighted by Crippen LogP contribution is 2.27. The number of hydrogen-bond acceptors (Lipinski definition) is 5. The molecule has 0 amide bonds. The minimum Gasteiger partial charge on any atom is -0.419 e. The van der Waals surface area contributed by atoms with Gasteiger partial charge in [0.05, 0.1) is 12.1 Å². The van der Waals surface area contributed by atoms with Crippen LogP contribution in [-0.2, 0) is 6.54 Å². The Bertz CT molecular complexity index is 751. The average Bonchev–Trinajstić information content (AvgIpc) is 2.95. The van der Waals surface area contributed by atoms with Gasteiger partial charge in [0.1, 0.15) is 0 Å². The van der Waals surface area contributed by atoms with Crippen LogP contribution in [0.15, 0.2) is 34.7 Å². The molecule has 2 heterocycles. The summed E-state index contributed by atoms with van der Waals surface area (Å²) in [6.07, 6.45) is 1.08. The lowest BCUT2D eigenvalue weighted by Crippen LogP contribution is -2.13. The van der Waals surface area contributed by atoms with Crippen LogP contribution in [0.4, 0.5) is 0 Å². The molecule has 0 aliphatic rings. The number of benzene rings is 1. The fraction of sp³-hybridized carbons (Fsp3) is 0.312. The average molecular weight is 282 g/mol. The molecule has 2 aromatic heterocycles. The van der Waals surface area contributed by atoms with Gasteiger partial charge in [-0.15, -0.1) is 10.2 Å². The number of pyridine rings is 1. The molecule has 3 rings (SSSR count). The van der Waals surface area contributed by atoms with Crippen LogP contribution in [0.1, 0.15) is 24.9 Å². The van der Waals surface area contributed by atoms with Crippen LogP contribution in [0.3, 0.4) is 0 Å². The number of nitrogens with one attached hydrogen (secondary N) is 1. The zero-order valence-corrected chi connectivity index (χ0v) is 12.3. The van der Waals surface area contributed by atoms with E-state index in [1.807, 2.05) is 37.3 Å². The summed E-state index contributed by atoms with van der Waals surface area (Å²) in [4.78, 5) is 4.53. The zero-order chi connectivity index (χ0) is 14.7. The van der Waals surface area contributed by atoms with Crippen molar-refractivity contribution in [3.05, 3.63) is 41.9 Å². The minimum absolute atomic E-state index is 0.546. The Balaban J connectivity index is 1.97. The molecule has 1 aromatic carbocycles. The van der Waals surface area contributed by atoms with Gasteiger partial charge in [-0.25, -0.2) is 0 Å². The van der Waals surface area contributed by atoms with Gasteiger partial charge in [-0.2, -0.15) is 0 Å². The normalized spacial score (nSPS) is 11.1. The van der Waals surface area contributed by atoms with Crippen LogP contribution in [0.5, 0.6) is 0 Å². The van der Waals surface area contributed by atoms with Gasteiger partial charge in [-0.3, -0.25) is 4.98 Å². The molecule has 0 bridgehead atoms. The number of fused-ring (bicyclic) bond motifs is 1. The molecule has 5 nitrogen and oxygen atoms in total. The molecule has 0 fully saturated rings. The van der Waals surface area contributed by atoms with Crippen molar-refractivity contribution in [2.24, 2.45) is 0 Å². The van der Waals surface area contributed by atoms with Gasteiger partial charge in [0.15, 0.2) is 0 Å². The Morgan fingerprint density at radius 2 is 2.05 bits per heavy atom. The molecule has 0 spiro atoms. The molecule has 1 N–H and O–H groups in total. The molecule has 0 unspecified atom stereocenters. The summed E-state index contributed by atoms with van der Waals surface area (Å²) in [6.45, 7) is 5.63. The number of aryl methyl sites for hydroxylation is 1. The van der Waals surface area contributed by atoms with Crippen LogP contribution < -0.4 is 5.32 Å². The Hall–Kier alpha value is -2.27. The smallest absolute Gasteiger partial charge is 0.248 e. The number of para-hydroxylation sites is 1. The molecule has 0 atom stereocenters. The second kappa shape index (κ2) is 6.01. The van der Waals surface area contributed by atoms with Gasteiger partial charge < -0.3 is 9.73 Å². The second-order valence-corrected chi connectivity index (χ2v) is 5.01. The van der Waals surface area contributed by atoms with Crippen molar-refractivity contribution < 1.29 is 4.42 Å². The predicted octanol–water partition coefficient (Wildman–Crippen LogP) is 3.09. The Labute approximate surface area is 123 Å². The summed E-state index contributed by atoms with van der Waals surface area (Å²) in [5.41, 5.74) is 2.82. The Morgan fingerprint density at radius 3 is 2.90 bits per heavy atom. The van der Waals surface area contributed by atoms with E-state index in [1.165, 1.54) is 0 Å². The fourth-order valence-electron chi connectivity index (χ4n) is 2.29. The minimum atomic E-state index is 0.546. The van der Waals surface area contributed by atoms with Crippen molar-refractivity contribution >= 4 is 10.9 Å². The van der Waals surface area contributed by atoms with Gasteiger partial charge in [-0.05, 0) is 32.0 Å². The van der Waals surface area contributed by atoms with Gasteiger partial charge in [-0.1, -0.05) is 25.1 Å². The quantitative estimate of drug-likeness (QED) is 0.728. The molecule has 0 saturated carbocycles. The highest BCUT2D eigenvalue weighted by molar-refractivity contribution is 5.92. The number of hydrogen-bond donors (Lipinski definition) is 1. The van der Waals surface area contributed by atoms with Gasteiger partial charge >= 0.3 is 0 Å². The van der Waals surface area contributed by atoms with Gasteiger partial charge in [0.2, 0.25) is 11.8 Å². The van der Waals surface area contributed by atoms with E-state index in [9.17, 15) is 0 Å². The van der Waals surface area contributed by atoms with E-state index >= 15 is 0 Å². The SMILES string of the molecule is CCCNCc1nnc(-c2cc(C)nc3ccccc23)o1. The zero-order valence-electron chi connectivity index (χ0n) is 12.3. The van der Waals surface area contributed by atoms with Crippen molar-refractivity contribution in [1.82, 2.24) is 20.5 Å². The highest BCUT2D eigenvalue weighted by Gasteiger charge is 2.12. The van der Waals surface area contributed by atoms with E-state index in [-0.39, 0.29) is 0 Å². The van der Waals surface area contributed by atoms with Crippen LogP contribution in [0.2, 0.25) is 0 Å². The molecule has 0 aliphatic carbocycles. The summed E-state index contributed by atoms with van der Waals surface area (Å²) < 4.78 is 5.77. The van der Waals surface area contributed by atoms with Crippen molar-refractivity contribution in [2.75, 3.05) is 6.54 Å². The van der Waals surface area contributed by atoms with Crippen molar-refractivity contribution in [1.29, 1.82) is 0 Å². The van der Waals surface area contributed by atoms with E-state index < -0.39 is 0 Å². The molecule has 0 saturated heterocycles. The highest BCUT2D eigenvalue weighted by atomic mass is 16.4. The molecule has 108 valence electrons. The molecule has 3 aromatic rings. The first-order valence-electron chi connectivity index (χ1n) is 7.18. The lowest BCUT2D eigenvalue weighted by atomic mass is 10.1. The van der Waals surface area contributed by atoms with Gasteiger partial charge in [0.25, 0.3) is 0 Å². The third kappa shape index (κ3) is 2.92. The molecule has 0 radical (unpaired) electrons. The number of rotatable bonds is 5. The topological polar surface area (TPSA) is 63.8 Å². The van der Waals surface area contributed by atoms with Crippen molar-refractivity contribution in [2.45, 2.75) is 26.8 Å². The first kappa shape index (κ1) is 13.7. The molecular weight excluding hydrogens is 264 g/mol. The summed E-state index contributed by atoms with van der Waals surface area (Å²) >= 11 is 0. The van der Waals surface area contributed by atoms with E-state index in [0.29, 0.717) is 18.3 Å². The maximum atomic E-state index is 5.77. The predicted molar refractivity (Wildman–Crippen MR) is 81.8 cm³/mol. The monoisotopic (exact) mass is 282 g/mol. The third-order valence-corrected chi connectivity index (χ3v) is 3.24.